The summed E-state index contributed by atoms with van der Waals surface area (Å²) in [6.07, 6.45) is 3.77. The summed E-state index contributed by atoms with van der Waals surface area (Å²) in [5.41, 5.74) is 1.35. The smallest absolute Gasteiger partial charge is 0.329 e. The van der Waals surface area contributed by atoms with Crippen LogP contribution in [-0.2, 0) is 9.53 Å². The number of nitriles is 1. The fraction of sp³-hybridized carbons (Fsp3) is 0.179. The topological polar surface area (TPSA) is 70.4 Å². The quantitative estimate of drug-likeness (QED) is 0.340. The molecule has 168 valence electrons. The highest BCUT2D eigenvalue weighted by Crippen LogP contribution is 2.60. The van der Waals surface area contributed by atoms with E-state index in [4.69, 9.17) is 4.74 Å². The van der Waals surface area contributed by atoms with Gasteiger partial charge >= 0.3 is 5.97 Å². The molecular weight excluding hydrogens is 492 g/mol. The Kier molecular flexibility index (Phi) is 5.59. The van der Waals surface area contributed by atoms with Gasteiger partial charge in [0, 0.05) is 22.2 Å². The minimum absolute atomic E-state index is 0.149. The minimum atomic E-state index is -1.64. The fourth-order valence-corrected chi connectivity index (χ4v) is 5.67. The first-order chi connectivity index (χ1) is 16.5. The number of hydrogen-bond acceptors (Lipinski definition) is 5. The van der Waals surface area contributed by atoms with Gasteiger partial charge in [-0.15, -0.1) is 0 Å². The predicted octanol–water partition coefficient (Wildman–Crippen LogP) is 5.51. The summed E-state index contributed by atoms with van der Waals surface area (Å²) in [7, 11) is 1.29. The molecule has 1 saturated heterocycles. The van der Waals surface area contributed by atoms with Gasteiger partial charge in [-0.2, -0.15) is 5.26 Å². The van der Waals surface area contributed by atoms with Gasteiger partial charge in [-0.1, -0.05) is 82.7 Å². The zero-order valence-corrected chi connectivity index (χ0v) is 20.0. The Morgan fingerprint density at radius 3 is 2.35 bits per heavy atom. The molecule has 0 aromatic heterocycles. The van der Waals surface area contributed by atoms with Crippen molar-refractivity contribution in [2.24, 2.45) is 5.41 Å². The van der Waals surface area contributed by atoms with Crippen LogP contribution >= 0.6 is 15.9 Å². The Labute approximate surface area is 206 Å². The molecule has 1 fully saturated rings. The van der Waals surface area contributed by atoms with Gasteiger partial charge in [0.2, 0.25) is 0 Å². The molecule has 4 atom stereocenters. The maximum Gasteiger partial charge on any atom is 0.329 e. The normalized spacial score (nSPS) is 24.6. The lowest BCUT2D eigenvalue weighted by atomic mass is 9.66. The first kappa shape index (κ1) is 22.1. The number of rotatable bonds is 4. The van der Waals surface area contributed by atoms with Crippen molar-refractivity contribution < 1.29 is 14.3 Å². The maximum absolute atomic E-state index is 14.0. The van der Waals surface area contributed by atoms with E-state index in [1.54, 1.807) is 12.1 Å². The summed E-state index contributed by atoms with van der Waals surface area (Å²) in [4.78, 5) is 29.5. The van der Waals surface area contributed by atoms with Gasteiger partial charge in [-0.3, -0.25) is 9.59 Å². The van der Waals surface area contributed by atoms with Crippen molar-refractivity contribution in [2.75, 3.05) is 7.11 Å². The number of methoxy groups -OCH3 is 1. The van der Waals surface area contributed by atoms with E-state index in [0.29, 0.717) is 5.56 Å². The number of fused-ring (bicyclic) bond motifs is 3. The van der Waals surface area contributed by atoms with E-state index in [2.05, 4.69) is 22.0 Å². The second-order valence-electron chi connectivity index (χ2n) is 8.47. The molecule has 0 radical (unpaired) electrons. The summed E-state index contributed by atoms with van der Waals surface area (Å²) < 4.78 is 6.13. The van der Waals surface area contributed by atoms with Crippen molar-refractivity contribution in [2.45, 2.75) is 18.0 Å². The molecule has 0 saturated carbocycles. The van der Waals surface area contributed by atoms with E-state index in [1.807, 2.05) is 83.9 Å². The Hall–Kier alpha value is -3.69. The van der Waals surface area contributed by atoms with Crippen molar-refractivity contribution >= 4 is 33.8 Å². The van der Waals surface area contributed by atoms with E-state index in [1.165, 1.54) is 7.11 Å². The van der Waals surface area contributed by atoms with Gasteiger partial charge in [0.1, 0.15) is 6.04 Å². The van der Waals surface area contributed by atoms with Crippen LogP contribution in [0.25, 0.3) is 6.08 Å². The molecular formula is C28H21BrN2O3. The maximum atomic E-state index is 14.0. The lowest BCUT2D eigenvalue weighted by Crippen LogP contribution is -2.41. The third-order valence-electron chi connectivity index (χ3n) is 6.84. The van der Waals surface area contributed by atoms with Crippen molar-refractivity contribution in [3.8, 4) is 6.07 Å². The van der Waals surface area contributed by atoms with E-state index < -0.39 is 29.4 Å². The number of nitrogens with zero attached hydrogens (tertiary/aromatic N) is 2. The molecule has 2 aliphatic heterocycles. The van der Waals surface area contributed by atoms with Gasteiger partial charge < -0.3 is 9.64 Å². The van der Waals surface area contributed by atoms with Crippen molar-refractivity contribution in [1.82, 2.24) is 4.90 Å². The van der Waals surface area contributed by atoms with Crippen molar-refractivity contribution in [3.63, 3.8) is 0 Å². The van der Waals surface area contributed by atoms with Crippen LogP contribution in [0.15, 0.2) is 89.5 Å². The van der Waals surface area contributed by atoms with E-state index in [-0.39, 0.29) is 5.78 Å². The molecule has 5 nitrogen and oxygen atoms in total. The summed E-state index contributed by atoms with van der Waals surface area (Å²) in [6, 6.07) is 25.0. The summed E-state index contributed by atoms with van der Waals surface area (Å²) in [5, 5.41) is 10.7. The fourth-order valence-electron chi connectivity index (χ4n) is 5.41. The second kappa shape index (κ2) is 8.58. The molecule has 3 aromatic carbocycles. The molecule has 0 N–H and O–H groups in total. The zero-order chi connectivity index (χ0) is 23.9. The molecule has 2 aliphatic rings. The summed E-state index contributed by atoms with van der Waals surface area (Å²) >= 11 is 3.46. The lowest BCUT2D eigenvalue weighted by molar-refractivity contribution is -0.151. The van der Waals surface area contributed by atoms with Crippen LogP contribution in [0.4, 0.5) is 0 Å². The monoisotopic (exact) mass is 512 g/mol. The Bertz CT molecular complexity index is 1330. The van der Waals surface area contributed by atoms with Crippen LogP contribution in [0.2, 0.25) is 0 Å². The molecule has 6 heteroatoms. The number of carbonyl (C=O) groups excluding carboxylic acids is 2. The number of carbonyl (C=O) groups is 2. The van der Waals surface area contributed by atoms with Crippen LogP contribution in [-0.4, -0.2) is 29.8 Å². The average molecular weight is 513 g/mol. The third kappa shape index (κ3) is 3.19. The number of esters is 1. The van der Waals surface area contributed by atoms with Crippen molar-refractivity contribution in [1.29, 1.82) is 5.26 Å². The zero-order valence-electron chi connectivity index (χ0n) is 18.4. The van der Waals surface area contributed by atoms with Gasteiger partial charge in [0.15, 0.2) is 11.2 Å². The highest BCUT2D eigenvalue weighted by molar-refractivity contribution is 9.10. The molecule has 0 aliphatic carbocycles. The molecule has 1 unspecified atom stereocenters. The van der Waals surface area contributed by atoms with Crippen LogP contribution in [0, 0.1) is 16.7 Å². The van der Waals surface area contributed by atoms with Crippen LogP contribution in [0.5, 0.6) is 0 Å². The summed E-state index contributed by atoms with van der Waals surface area (Å²) in [6.45, 7) is 0. The molecule has 0 spiro atoms. The number of ether oxygens (including phenoxy) is 1. The van der Waals surface area contributed by atoms with Gasteiger partial charge in [0.05, 0.1) is 19.2 Å². The SMILES string of the molecule is COC(=O)[C@]1(C#N)C2c3ccccc3C=CN2[C@@H](C(=O)c2ccccc2)[C@@H]1c1ccc(Br)cc1. The van der Waals surface area contributed by atoms with Gasteiger partial charge in [-0.25, -0.2) is 0 Å². The summed E-state index contributed by atoms with van der Waals surface area (Å²) in [5.74, 6) is -1.55. The second-order valence-corrected chi connectivity index (χ2v) is 9.39. The van der Waals surface area contributed by atoms with E-state index in [0.717, 1.165) is 21.2 Å². The van der Waals surface area contributed by atoms with Crippen LogP contribution < -0.4 is 0 Å². The number of hydrogen-bond donors (Lipinski definition) is 0. The molecule has 3 aromatic rings. The molecule has 34 heavy (non-hydrogen) atoms. The largest absolute Gasteiger partial charge is 0.468 e. The van der Waals surface area contributed by atoms with Crippen molar-refractivity contribution in [3.05, 3.63) is 112 Å². The molecule has 5 rings (SSSR count). The minimum Gasteiger partial charge on any atom is -0.468 e. The lowest BCUT2D eigenvalue weighted by Gasteiger charge is -2.36. The number of benzene rings is 3. The van der Waals surface area contributed by atoms with E-state index >= 15 is 0 Å². The number of Topliss-reactive ketones (excluding diaryl/α,β-unsaturated/α-hetero) is 1. The predicted molar refractivity (Wildman–Crippen MR) is 132 cm³/mol. The third-order valence-corrected chi connectivity index (χ3v) is 7.37. The van der Waals surface area contributed by atoms with Gasteiger partial charge in [0.25, 0.3) is 0 Å². The molecule has 2 heterocycles. The standard InChI is InChI=1S/C28H21BrN2O3/c1-34-27(33)28(17-30)23(19-11-13-21(29)14-12-19)24(25(32)20-8-3-2-4-9-20)31-16-15-18-7-5-6-10-22(18)26(28)31/h2-16,23-24,26H,1H3/t23-,24+,26?,28-/m0/s1. The van der Waals surface area contributed by atoms with Gasteiger partial charge in [-0.05, 0) is 34.9 Å². The Morgan fingerprint density at radius 2 is 1.68 bits per heavy atom. The number of ketones is 1. The Balaban J connectivity index is 1.81. The average Bonchev–Trinajstić information content (AvgIpc) is 3.20. The molecule has 0 bridgehead atoms. The van der Waals surface area contributed by atoms with Crippen LogP contribution in [0.3, 0.4) is 0 Å². The highest BCUT2D eigenvalue weighted by Gasteiger charge is 2.67. The van der Waals surface area contributed by atoms with E-state index in [9.17, 15) is 14.9 Å². The highest BCUT2D eigenvalue weighted by atomic mass is 79.9. The first-order valence-electron chi connectivity index (χ1n) is 10.9. The number of halogens is 1. The van der Waals surface area contributed by atoms with Crippen LogP contribution in [0.1, 0.15) is 39.0 Å². The Morgan fingerprint density at radius 1 is 1.00 bits per heavy atom. The first-order valence-corrected chi connectivity index (χ1v) is 11.7. The molecule has 0 amide bonds.